The Morgan fingerprint density at radius 2 is 2.09 bits per heavy atom. The first-order valence-corrected chi connectivity index (χ1v) is 3.83. The minimum absolute atomic E-state index is 0.223. The fourth-order valence-corrected chi connectivity index (χ4v) is 0.794. The number of hydrogen-bond acceptors (Lipinski definition) is 3. The van der Waals surface area contributed by atoms with Crippen LogP contribution in [0.2, 0.25) is 0 Å². The summed E-state index contributed by atoms with van der Waals surface area (Å²) >= 11 is 0. The Morgan fingerprint density at radius 1 is 1.45 bits per heavy atom. The summed E-state index contributed by atoms with van der Waals surface area (Å²) in [5.41, 5.74) is 0. The molecule has 1 radical (unpaired) electrons. The van der Waals surface area contributed by atoms with Crippen LogP contribution in [0, 0.1) is 0 Å². The van der Waals surface area contributed by atoms with E-state index in [4.69, 9.17) is 5.26 Å². The average Bonchev–Trinajstić information content (AvgIpc) is 2.06. The third kappa shape index (κ3) is 5.15. The minimum atomic E-state index is -0.257. The molecule has 0 aliphatic rings. The molecule has 0 rings (SSSR count). The summed E-state index contributed by atoms with van der Waals surface area (Å²) in [4.78, 5) is 7.94. The van der Waals surface area contributed by atoms with Crippen LogP contribution < -0.4 is 0 Å². The summed E-state index contributed by atoms with van der Waals surface area (Å²) in [6.45, 7) is 3.62. The van der Waals surface area contributed by atoms with Crippen molar-refractivity contribution in [1.82, 2.24) is 0 Å². The maximum absolute atomic E-state index is 9.96. The molecule has 0 saturated heterocycles. The number of rotatable bonds is 6. The fourth-order valence-electron chi connectivity index (χ4n) is 0.794. The fraction of sp³-hybridized carbons (Fsp3) is 1.00. The van der Waals surface area contributed by atoms with E-state index in [-0.39, 0.29) is 12.2 Å². The first-order valence-electron chi connectivity index (χ1n) is 3.83. The van der Waals surface area contributed by atoms with E-state index < -0.39 is 0 Å². The van der Waals surface area contributed by atoms with Gasteiger partial charge in [0.15, 0.2) is 0 Å². The van der Waals surface area contributed by atoms with Crippen LogP contribution in [0.5, 0.6) is 0 Å². The van der Waals surface area contributed by atoms with Crippen molar-refractivity contribution in [3.8, 4) is 0 Å². The Balaban J connectivity index is 3.34. The van der Waals surface area contributed by atoms with Crippen molar-refractivity contribution >= 4 is 0 Å². The predicted octanol–water partition coefficient (Wildman–Crippen LogP) is 1.79. The Labute approximate surface area is 66.6 Å². The van der Waals surface area contributed by atoms with E-state index in [1.54, 1.807) is 6.92 Å². The van der Waals surface area contributed by atoms with Crippen LogP contribution in [0.4, 0.5) is 0 Å². The second-order valence-corrected chi connectivity index (χ2v) is 2.62. The first-order chi connectivity index (χ1) is 5.24. The highest BCUT2D eigenvalue weighted by molar-refractivity contribution is 4.56. The monoisotopic (exact) mass is 163 g/mol. The molecule has 0 fully saturated rings. The summed E-state index contributed by atoms with van der Waals surface area (Å²) in [6.07, 6.45) is 1.48. The molecule has 0 aromatic carbocycles. The molecule has 4 nitrogen and oxygen atoms in total. The van der Waals surface area contributed by atoms with E-state index in [2.05, 4.69) is 9.78 Å². The molecule has 1 N–H and O–H groups in total. The molecule has 11 heavy (non-hydrogen) atoms. The van der Waals surface area contributed by atoms with Gasteiger partial charge in [-0.15, -0.1) is 0 Å². The average molecular weight is 163 g/mol. The molecule has 0 aromatic heterocycles. The lowest BCUT2D eigenvalue weighted by Crippen LogP contribution is -2.13. The lowest BCUT2D eigenvalue weighted by molar-refractivity contribution is -0.338. The van der Waals surface area contributed by atoms with Gasteiger partial charge in [0.05, 0.1) is 12.2 Å². The SMILES string of the molecule is CCC(CCC(C)OO)O[O]. The molecule has 0 saturated carbocycles. The smallest absolute Gasteiger partial charge is 0.0960 e. The van der Waals surface area contributed by atoms with Gasteiger partial charge in [0.1, 0.15) is 0 Å². The van der Waals surface area contributed by atoms with Crippen LogP contribution in [0.3, 0.4) is 0 Å². The highest BCUT2D eigenvalue weighted by Gasteiger charge is 2.09. The topological polar surface area (TPSA) is 58.6 Å². The Bertz CT molecular complexity index is 82.5. The molecule has 0 spiro atoms. The molecule has 4 heteroatoms. The molecule has 0 aliphatic carbocycles. The Morgan fingerprint density at radius 3 is 2.45 bits per heavy atom. The molecular weight excluding hydrogens is 148 g/mol. The molecule has 67 valence electrons. The molecule has 0 amide bonds. The van der Waals surface area contributed by atoms with Gasteiger partial charge in [-0.3, -0.25) is 5.26 Å². The van der Waals surface area contributed by atoms with Crippen molar-refractivity contribution in [1.29, 1.82) is 0 Å². The lowest BCUT2D eigenvalue weighted by atomic mass is 10.1. The maximum atomic E-state index is 9.96. The van der Waals surface area contributed by atoms with Gasteiger partial charge >= 0.3 is 0 Å². The molecule has 2 unspecified atom stereocenters. The zero-order valence-electron chi connectivity index (χ0n) is 6.95. The van der Waals surface area contributed by atoms with E-state index in [1.165, 1.54) is 0 Å². The zero-order valence-corrected chi connectivity index (χ0v) is 6.95. The van der Waals surface area contributed by atoms with Crippen LogP contribution in [-0.4, -0.2) is 17.5 Å². The van der Waals surface area contributed by atoms with Crippen LogP contribution >= 0.6 is 0 Å². The van der Waals surface area contributed by atoms with Gasteiger partial charge in [0.2, 0.25) is 0 Å². The number of hydrogen-bond donors (Lipinski definition) is 1. The van der Waals surface area contributed by atoms with Crippen molar-refractivity contribution in [2.24, 2.45) is 0 Å². The summed E-state index contributed by atoms with van der Waals surface area (Å²) in [5.74, 6) is 0. The maximum Gasteiger partial charge on any atom is 0.0960 e. The minimum Gasteiger partial charge on any atom is -0.252 e. The summed E-state index contributed by atoms with van der Waals surface area (Å²) in [6, 6.07) is 0. The molecule has 0 aromatic rings. The van der Waals surface area contributed by atoms with Crippen LogP contribution in [0.25, 0.3) is 0 Å². The van der Waals surface area contributed by atoms with Gasteiger partial charge in [-0.1, -0.05) is 6.92 Å². The van der Waals surface area contributed by atoms with E-state index in [0.717, 1.165) is 0 Å². The first kappa shape index (κ1) is 10.8. The molecule has 0 aliphatic heterocycles. The summed E-state index contributed by atoms with van der Waals surface area (Å²) < 4.78 is 0. The van der Waals surface area contributed by atoms with Gasteiger partial charge in [-0.05, 0) is 31.4 Å². The third-order valence-electron chi connectivity index (χ3n) is 1.67. The van der Waals surface area contributed by atoms with Gasteiger partial charge < -0.3 is 0 Å². The van der Waals surface area contributed by atoms with Crippen molar-refractivity contribution < 1.29 is 20.3 Å². The van der Waals surface area contributed by atoms with E-state index in [0.29, 0.717) is 19.3 Å². The van der Waals surface area contributed by atoms with E-state index in [9.17, 15) is 5.26 Å². The predicted molar refractivity (Wildman–Crippen MR) is 38.3 cm³/mol. The van der Waals surface area contributed by atoms with Crippen molar-refractivity contribution in [3.63, 3.8) is 0 Å². The van der Waals surface area contributed by atoms with Gasteiger partial charge in [0, 0.05) is 0 Å². The summed E-state index contributed by atoms with van der Waals surface area (Å²) in [7, 11) is 0. The molecule has 2 atom stereocenters. The van der Waals surface area contributed by atoms with Crippen LogP contribution in [0.1, 0.15) is 33.1 Å². The lowest BCUT2D eigenvalue weighted by Gasteiger charge is -2.11. The highest BCUT2D eigenvalue weighted by atomic mass is 17.1. The normalized spacial score (nSPS) is 16.4. The van der Waals surface area contributed by atoms with Crippen LogP contribution in [-0.2, 0) is 15.0 Å². The van der Waals surface area contributed by atoms with Crippen molar-refractivity contribution in [2.45, 2.75) is 45.3 Å². The second-order valence-electron chi connectivity index (χ2n) is 2.62. The second kappa shape index (κ2) is 6.54. The Hall–Kier alpha value is -0.160. The molecular formula is C7H15O4. The molecule has 0 heterocycles. The quantitative estimate of drug-likeness (QED) is 0.479. The third-order valence-corrected chi connectivity index (χ3v) is 1.67. The zero-order chi connectivity index (χ0) is 8.69. The van der Waals surface area contributed by atoms with Crippen LogP contribution in [0.15, 0.2) is 0 Å². The van der Waals surface area contributed by atoms with Crippen molar-refractivity contribution in [3.05, 3.63) is 0 Å². The Kier molecular flexibility index (Phi) is 6.45. The largest absolute Gasteiger partial charge is 0.252 e. The molecule has 0 bridgehead atoms. The standard InChI is InChI=1S/C7H15O4/c1-3-7(11-9)5-4-6(2)10-8/h6-8H,3-5H2,1-2H3. The van der Waals surface area contributed by atoms with E-state index >= 15 is 0 Å². The summed E-state index contributed by atoms with van der Waals surface area (Å²) in [5, 5.41) is 18.1. The van der Waals surface area contributed by atoms with Crippen molar-refractivity contribution in [2.75, 3.05) is 0 Å². The van der Waals surface area contributed by atoms with Gasteiger partial charge in [0.25, 0.3) is 0 Å². The van der Waals surface area contributed by atoms with Gasteiger partial charge in [-0.25, -0.2) is 9.78 Å². The van der Waals surface area contributed by atoms with Gasteiger partial charge in [-0.2, -0.15) is 0 Å². The van der Waals surface area contributed by atoms with E-state index in [1.807, 2.05) is 6.92 Å². The highest BCUT2D eigenvalue weighted by Crippen LogP contribution is 2.08.